The molecule has 0 saturated heterocycles. The van der Waals surface area contributed by atoms with Crippen molar-refractivity contribution in [3.8, 4) is 0 Å². The number of hydrogen-bond donors (Lipinski definition) is 1. The number of carbonyl (C=O) groups excluding carboxylic acids is 1. The van der Waals surface area contributed by atoms with Gasteiger partial charge in [0.2, 0.25) is 0 Å². The smallest absolute Gasteiger partial charge is 0.407 e. The normalized spacial score (nSPS) is 25.1. The molecule has 0 aromatic carbocycles. The molecule has 17 heavy (non-hydrogen) atoms. The Morgan fingerprint density at radius 2 is 2.06 bits per heavy atom. The van der Waals surface area contributed by atoms with Crippen LogP contribution in [0.3, 0.4) is 0 Å². The number of amides is 1. The molecule has 1 aliphatic rings. The van der Waals surface area contributed by atoms with Gasteiger partial charge in [0.05, 0.1) is 0 Å². The molecule has 1 fully saturated rings. The maximum atomic E-state index is 11.7. The Balaban J connectivity index is 2.47. The molecule has 1 N–H and O–H groups in total. The van der Waals surface area contributed by atoms with Gasteiger partial charge in [-0.05, 0) is 46.0 Å². The Hall–Kier alpha value is -0.990. The number of allylic oxidation sites excluding steroid dienone is 1. The molecule has 0 aliphatic heterocycles. The fourth-order valence-corrected chi connectivity index (χ4v) is 2.35. The molecule has 1 saturated carbocycles. The first-order valence-corrected chi connectivity index (χ1v) is 6.53. The van der Waals surface area contributed by atoms with Gasteiger partial charge in [-0.3, -0.25) is 0 Å². The first-order valence-electron chi connectivity index (χ1n) is 6.53. The zero-order chi connectivity index (χ0) is 12.9. The van der Waals surface area contributed by atoms with Crippen LogP contribution >= 0.6 is 0 Å². The predicted octanol–water partition coefficient (Wildman–Crippen LogP) is 3.65. The predicted molar refractivity (Wildman–Crippen MR) is 69.9 cm³/mol. The van der Waals surface area contributed by atoms with Crippen molar-refractivity contribution in [1.82, 2.24) is 5.32 Å². The van der Waals surface area contributed by atoms with Gasteiger partial charge in [0.15, 0.2) is 0 Å². The summed E-state index contributed by atoms with van der Waals surface area (Å²) in [6, 6.07) is 0.247. The van der Waals surface area contributed by atoms with E-state index < -0.39 is 5.60 Å². The monoisotopic (exact) mass is 239 g/mol. The maximum absolute atomic E-state index is 11.7. The second-order valence-corrected chi connectivity index (χ2v) is 5.82. The van der Waals surface area contributed by atoms with E-state index in [-0.39, 0.29) is 12.1 Å². The van der Waals surface area contributed by atoms with Crippen molar-refractivity contribution in [1.29, 1.82) is 0 Å². The van der Waals surface area contributed by atoms with Crippen LogP contribution in [0.5, 0.6) is 0 Å². The highest BCUT2D eigenvalue weighted by atomic mass is 16.6. The zero-order valence-corrected chi connectivity index (χ0v) is 11.3. The summed E-state index contributed by atoms with van der Waals surface area (Å²) in [6.07, 6.45) is 7.29. The molecule has 0 spiro atoms. The number of carbonyl (C=O) groups is 1. The molecule has 2 unspecified atom stereocenters. The van der Waals surface area contributed by atoms with Crippen molar-refractivity contribution in [2.45, 2.75) is 64.5 Å². The third-order valence-corrected chi connectivity index (χ3v) is 3.08. The van der Waals surface area contributed by atoms with Crippen molar-refractivity contribution >= 4 is 6.09 Å². The Kier molecular flexibility index (Phi) is 5.03. The van der Waals surface area contributed by atoms with Crippen LogP contribution in [-0.4, -0.2) is 17.7 Å². The fraction of sp³-hybridized carbons (Fsp3) is 0.786. The van der Waals surface area contributed by atoms with E-state index in [2.05, 4.69) is 11.9 Å². The standard InChI is InChI=1S/C14H25NO2/c1-5-8-11-9-6-7-10-12(11)15-13(16)17-14(2,3)4/h5,11-12H,1,6-10H2,2-4H3,(H,15,16). The highest BCUT2D eigenvalue weighted by Gasteiger charge is 2.27. The van der Waals surface area contributed by atoms with Crippen LogP contribution in [0.25, 0.3) is 0 Å². The van der Waals surface area contributed by atoms with E-state index in [0.29, 0.717) is 5.92 Å². The number of alkyl carbamates (subject to hydrolysis) is 1. The summed E-state index contributed by atoms with van der Waals surface area (Å²) in [5.41, 5.74) is -0.424. The topological polar surface area (TPSA) is 38.3 Å². The lowest BCUT2D eigenvalue weighted by atomic mass is 9.82. The van der Waals surface area contributed by atoms with Crippen molar-refractivity contribution in [2.24, 2.45) is 5.92 Å². The van der Waals surface area contributed by atoms with E-state index in [0.717, 1.165) is 12.8 Å². The average Bonchev–Trinajstić information content (AvgIpc) is 2.18. The highest BCUT2D eigenvalue weighted by Crippen LogP contribution is 2.27. The Morgan fingerprint density at radius 1 is 1.41 bits per heavy atom. The maximum Gasteiger partial charge on any atom is 0.407 e. The van der Waals surface area contributed by atoms with Gasteiger partial charge in [0.1, 0.15) is 5.60 Å². The van der Waals surface area contributed by atoms with Crippen LogP contribution in [0.2, 0.25) is 0 Å². The lowest BCUT2D eigenvalue weighted by Crippen LogP contribution is -2.44. The van der Waals surface area contributed by atoms with Crippen LogP contribution in [0, 0.1) is 5.92 Å². The fourth-order valence-electron chi connectivity index (χ4n) is 2.35. The van der Waals surface area contributed by atoms with Gasteiger partial charge in [-0.25, -0.2) is 4.79 Å². The minimum absolute atomic E-state index is 0.247. The van der Waals surface area contributed by atoms with E-state index in [1.807, 2.05) is 26.8 Å². The summed E-state index contributed by atoms with van der Waals surface area (Å²) in [5.74, 6) is 0.522. The average molecular weight is 239 g/mol. The van der Waals surface area contributed by atoms with Gasteiger partial charge in [0.25, 0.3) is 0 Å². The Morgan fingerprint density at radius 3 is 2.65 bits per heavy atom. The number of nitrogens with one attached hydrogen (secondary N) is 1. The summed E-state index contributed by atoms with van der Waals surface area (Å²) in [6.45, 7) is 9.43. The van der Waals surface area contributed by atoms with Crippen LogP contribution < -0.4 is 5.32 Å². The molecule has 0 heterocycles. The highest BCUT2D eigenvalue weighted by molar-refractivity contribution is 5.68. The molecule has 3 heteroatoms. The number of ether oxygens (including phenoxy) is 1. The molecule has 0 aromatic heterocycles. The molecule has 0 bridgehead atoms. The first-order chi connectivity index (χ1) is 7.92. The molecule has 3 nitrogen and oxygen atoms in total. The van der Waals surface area contributed by atoms with E-state index in [1.165, 1.54) is 19.3 Å². The molecule has 0 radical (unpaired) electrons. The van der Waals surface area contributed by atoms with Gasteiger partial charge in [-0.2, -0.15) is 0 Å². The van der Waals surface area contributed by atoms with Gasteiger partial charge in [-0.15, -0.1) is 6.58 Å². The summed E-state index contributed by atoms with van der Waals surface area (Å²) < 4.78 is 5.29. The van der Waals surface area contributed by atoms with Crippen molar-refractivity contribution in [3.05, 3.63) is 12.7 Å². The third kappa shape index (κ3) is 5.24. The lowest BCUT2D eigenvalue weighted by molar-refractivity contribution is 0.0469. The van der Waals surface area contributed by atoms with Crippen LogP contribution in [0.15, 0.2) is 12.7 Å². The molecular weight excluding hydrogens is 214 g/mol. The van der Waals surface area contributed by atoms with Gasteiger partial charge >= 0.3 is 6.09 Å². The summed E-state index contributed by atoms with van der Waals surface area (Å²) >= 11 is 0. The second-order valence-electron chi connectivity index (χ2n) is 5.82. The molecule has 1 rings (SSSR count). The summed E-state index contributed by atoms with van der Waals surface area (Å²) in [5, 5.41) is 3.00. The van der Waals surface area contributed by atoms with Crippen LogP contribution in [0.4, 0.5) is 4.79 Å². The van der Waals surface area contributed by atoms with E-state index in [4.69, 9.17) is 4.74 Å². The van der Waals surface area contributed by atoms with Gasteiger partial charge in [-0.1, -0.05) is 18.9 Å². The molecule has 98 valence electrons. The zero-order valence-electron chi connectivity index (χ0n) is 11.3. The van der Waals surface area contributed by atoms with Crippen LogP contribution in [-0.2, 0) is 4.74 Å². The van der Waals surface area contributed by atoms with E-state index in [1.54, 1.807) is 0 Å². The molecule has 1 aliphatic carbocycles. The Bertz CT molecular complexity index is 268. The minimum Gasteiger partial charge on any atom is -0.444 e. The second kappa shape index (κ2) is 6.08. The molecular formula is C14H25NO2. The van der Waals surface area contributed by atoms with Crippen LogP contribution in [0.1, 0.15) is 52.9 Å². The van der Waals surface area contributed by atoms with Crippen molar-refractivity contribution in [3.63, 3.8) is 0 Å². The SMILES string of the molecule is C=CCC1CCCCC1NC(=O)OC(C)(C)C. The number of hydrogen-bond acceptors (Lipinski definition) is 2. The van der Waals surface area contributed by atoms with Crippen molar-refractivity contribution in [2.75, 3.05) is 0 Å². The number of rotatable bonds is 3. The molecule has 0 aromatic rings. The third-order valence-electron chi connectivity index (χ3n) is 3.08. The molecule has 1 amide bonds. The Labute approximate surface area is 105 Å². The quantitative estimate of drug-likeness (QED) is 0.763. The summed E-state index contributed by atoms with van der Waals surface area (Å²) in [4.78, 5) is 11.7. The van der Waals surface area contributed by atoms with Crippen molar-refractivity contribution < 1.29 is 9.53 Å². The van der Waals surface area contributed by atoms with E-state index >= 15 is 0 Å². The lowest BCUT2D eigenvalue weighted by Gasteiger charge is -2.32. The minimum atomic E-state index is -0.424. The van der Waals surface area contributed by atoms with E-state index in [9.17, 15) is 4.79 Å². The van der Waals surface area contributed by atoms with Gasteiger partial charge < -0.3 is 10.1 Å². The summed E-state index contributed by atoms with van der Waals surface area (Å²) in [7, 11) is 0. The van der Waals surface area contributed by atoms with Gasteiger partial charge in [0, 0.05) is 6.04 Å². The largest absolute Gasteiger partial charge is 0.444 e. The first kappa shape index (κ1) is 14.1. The molecule has 2 atom stereocenters.